The molecule has 2 N–H and O–H groups in total. The Morgan fingerprint density at radius 2 is 2.00 bits per heavy atom. The van der Waals surface area contributed by atoms with Crippen molar-refractivity contribution in [1.29, 1.82) is 0 Å². The van der Waals surface area contributed by atoms with Crippen LogP contribution in [0.2, 0.25) is 0 Å². The summed E-state index contributed by atoms with van der Waals surface area (Å²) in [5, 5.41) is 9.92. The van der Waals surface area contributed by atoms with Crippen molar-refractivity contribution < 1.29 is 18.8 Å². The van der Waals surface area contributed by atoms with Crippen molar-refractivity contribution in [3.8, 4) is 5.75 Å². The number of amides is 3. The zero-order valence-corrected chi connectivity index (χ0v) is 17.7. The molecule has 1 atom stereocenters. The molecule has 1 aliphatic heterocycles. The molecule has 4 rings (SSSR count). The second kappa shape index (κ2) is 8.38. The van der Waals surface area contributed by atoms with Crippen molar-refractivity contribution in [2.75, 3.05) is 10.2 Å². The van der Waals surface area contributed by atoms with Gasteiger partial charge in [0.05, 0.1) is 17.9 Å². The number of nitrogens with one attached hydrogen (secondary N) is 2. The van der Waals surface area contributed by atoms with Gasteiger partial charge in [-0.25, -0.2) is 4.79 Å². The molecule has 0 radical (unpaired) electrons. The minimum atomic E-state index is -0.591. The highest BCUT2D eigenvalue weighted by Crippen LogP contribution is 2.37. The summed E-state index contributed by atoms with van der Waals surface area (Å²) in [6.45, 7) is 5.75. The summed E-state index contributed by atoms with van der Waals surface area (Å²) in [6, 6.07) is 5.34. The van der Waals surface area contributed by atoms with Gasteiger partial charge in [0.2, 0.25) is 0 Å². The molecular weight excluding hydrogens is 384 g/mol. The Morgan fingerprint density at radius 1 is 1.23 bits per heavy atom. The third-order valence-electron chi connectivity index (χ3n) is 5.86. The Labute approximate surface area is 175 Å². The molecule has 8 nitrogen and oxygen atoms in total. The number of nitrogens with zero attached hydrogens (tertiary/aromatic N) is 2. The van der Waals surface area contributed by atoms with Gasteiger partial charge in [-0.1, -0.05) is 24.4 Å². The molecule has 0 saturated heterocycles. The van der Waals surface area contributed by atoms with Gasteiger partial charge in [0.1, 0.15) is 11.5 Å². The first-order chi connectivity index (χ1) is 14.4. The molecule has 1 aromatic carbocycles. The first-order valence-electron chi connectivity index (χ1n) is 10.5. The molecule has 2 aliphatic rings. The Bertz CT molecular complexity index is 929. The lowest BCUT2D eigenvalue weighted by Gasteiger charge is -2.33. The predicted octanol–water partition coefficient (Wildman–Crippen LogP) is 4.06. The van der Waals surface area contributed by atoms with Crippen LogP contribution in [0.5, 0.6) is 5.75 Å². The third kappa shape index (κ3) is 4.13. The monoisotopic (exact) mass is 412 g/mol. The average Bonchev–Trinajstić information content (AvgIpc) is 3.04. The largest absolute Gasteiger partial charge is 0.479 e. The molecular formula is C22H28N4O4. The van der Waals surface area contributed by atoms with Crippen molar-refractivity contribution in [3.63, 3.8) is 0 Å². The van der Waals surface area contributed by atoms with E-state index in [1.54, 1.807) is 30.0 Å². The lowest BCUT2D eigenvalue weighted by atomic mass is 9.96. The highest BCUT2D eigenvalue weighted by Gasteiger charge is 2.33. The Kier molecular flexibility index (Phi) is 5.65. The average molecular weight is 412 g/mol. The van der Waals surface area contributed by atoms with Crippen LogP contribution in [0.1, 0.15) is 56.0 Å². The lowest BCUT2D eigenvalue weighted by molar-refractivity contribution is -0.125. The number of ether oxygens (including phenoxy) is 1. The zero-order chi connectivity index (χ0) is 21.3. The van der Waals surface area contributed by atoms with Crippen LogP contribution >= 0.6 is 0 Å². The highest BCUT2D eigenvalue weighted by molar-refractivity contribution is 6.01. The van der Waals surface area contributed by atoms with Crippen LogP contribution in [-0.2, 0) is 11.3 Å². The van der Waals surface area contributed by atoms with E-state index in [-0.39, 0.29) is 18.0 Å². The van der Waals surface area contributed by atoms with Crippen molar-refractivity contribution in [2.45, 2.75) is 71.6 Å². The van der Waals surface area contributed by atoms with Gasteiger partial charge in [-0.15, -0.1) is 0 Å². The first-order valence-corrected chi connectivity index (χ1v) is 10.5. The van der Waals surface area contributed by atoms with Gasteiger partial charge < -0.3 is 24.8 Å². The molecule has 1 aliphatic carbocycles. The minimum Gasteiger partial charge on any atom is -0.479 e. The number of anilines is 2. The van der Waals surface area contributed by atoms with E-state index in [1.807, 2.05) is 13.8 Å². The SMILES string of the molecule is Cc1noc(C)c1CN1C(=O)C(C)Oc2ccc(NC(=O)NC3CCCCC3)cc21. The summed E-state index contributed by atoms with van der Waals surface area (Å²) in [6.07, 6.45) is 4.98. The normalized spacial score (nSPS) is 19.2. The third-order valence-corrected chi connectivity index (χ3v) is 5.86. The van der Waals surface area contributed by atoms with E-state index in [1.165, 1.54) is 6.42 Å². The molecule has 1 unspecified atom stereocenters. The van der Waals surface area contributed by atoms with Crippen LogP contribution in [0.15, 0.2) is 22.7 Å². The Balaban J connectivity index is 1.55. The van der Waals surface area contributed by atoms with Gasteiger partial charge in [0.25, 0.3) is 5.91 Å². The van der Waals surface area contributed by atoms with Crippen molar-refractivity contribution >= 4 is 23.3 Å². The molecule has 1 aromatic heterocycles. The van der Waals surface area contributed by atoms with E-state index in [4.69, 9.17) is 9.26 Å². The van der Waals surface area contributed by atoms with Crippen LogP contribution in [0.3, 0.4) is 0 Å². The van der Waals surface area contributed by atoms with E-state index >= 15 is 0 Å². The lowest BCUT2D eigenvalue weighted by Crippen LogP contribution is -2.44. The number of hydrogen-bond acceptors (Lipinski definition) is 5. The number of aryl methyl sites for hydroxylation is 2. The van der Waals surface area contributed by atoms with E-state index in [2.05, 4.69) is 15.8 Å². The summed E-state index contributed by atoms with van der Waals surface area (Å²) in [4.78, 5) is 27.0. The molecule has 30 heavy (non-hydrogen) atoms. The van der Waals surface area contributed by atoms with Gasteiger partial charge in [0.15, 0.2) is 6.10 Å². The van der Waals surface area contributed by atoms with E-state index in [9.17, 15) is 9.59 Å². The maximum Gasteiger partial charge on any atom is 0.319 e. The van der Waals surface area contributed by atoms with Crippen LogP contribution in [-0.4, -0.2) is 29.2 Å². The number of rotatable bonds is 4. The molecule has 1 fully saturated rings. The number of urea groups is 1. The molecule has 2 aromatic rings. The smallest absolute Gasteiger partial charge is 0.319 e. The van der Waals surface area contributed by atoms with Gasteiger partial charge in [-0.3, -0.25) is 4.79 Å². The van der Waals surface area contributed by atoms with E-state index < -0.39 is 6.10 Å². The first kappa shape index (κ1) is 20.3. The fourth-order valence-corrected chi connectivity index (χ4v) is 4.13. The Morgan fingerprint density at radius 3 is 2.70 bits per heavy atom. The molecule has 160 valence electrons. The zero-order valence-electron chi connectivity index (χ0n) is 17.7. The molecule has 1 saturated carbocycles. The quantitative estimate of drug-likeness (QED) is 0.789. The molecule has 3 amide bonds. The summed E-state index contributed by atoms with van der Waals surface area (Å²) in [5.74, 6) is 1.14. The maximum atomic E-state index is 12.9. The second-order valence-corrected chi connectivity index (χ2v) is 8.10. The summed E-state index contributed by atoms with van der Waals surface area (Å²) in [5.41, 5.74) is 2.85. The standard InChI is InChI=1S/C22H28N4O4/c1-13-18(14(2)30-25-13)12-26-19-11-17(9-10-20(19)29-15(3)21(26)27)24-22(28)23-16-7-5-4-6-8-16/h9-11,15-16H,4-8,12H2,1-3H3,(H2,23,24,28). The predicted molar refractivity (Wildman–Crippen MR) is 113 cm³/mol. The van der Waals surface area contributed by atoms with E-state index in [0.717, 1.165) is 36.9 Å². The number of carbonyl (C=O) groups excluding carboxylic acids is 2. The summed E-state index contributed by atoms with van der Waals surface area (Å²) < 4.78 is 11.0. The van der Waals surface area contributed by atoms with Crippen molar-refractivity contribution in [2.24, 2.45) is 0 Å². The van der Waals surface area contributed by atoms with Crippen LogP contribution in [0.4, 0.5) is 16.2 Å². The number of fused-ring (bicyclic) bond motifs is 1. The number of carbonyl (C=O) groups is 2. The van der Waals surface area contributed by atoms with Crippen molar-refractivity contribution in [1.82, 2.24) is 10.5 Å². The van der Waals surface area contributed by atoms with Crippen LogP contribution in [0.25, 0.3) is 0 Å². The molecule has 0 spiro atoms. The van der Waals surface area contributed by atoms with Gasteiger partial charge in [0, 0.05) is 17.3 Å². The van der Waals surface area contributed by atoms with E-state index in [0.29, 0.717) is 29.4 Å². The fourth-order valence-electron chi connectivity index (χ4n) is 4.13. The summed E-state index contributed by atoms with van der Waals surface area (Å²) >= 11 is 0. The fraction of sp³-hybridized carbons (Fsp3) is 0.500. The van der Waals surface area contributed by atoms with Gasteiger partial charge in [-0.2, -0.15) is 0 Å². The summed E-state index contributed by atoms with van der Waals surface area (Å²) in [7, 11) is 0. The number of hydrogen-bond donors (Lipinski definition) is 2. The topological polar surface area (TPSA) is 96.7 Å². The van der Waals surface area contributed by atoms with Gasteiger partial charge >= 0.3 is 6.03 Å². The molecule has 0 bridgehead atoms. The number of aromatic nitrogens is 1. The second-order valence-electron chi connectivity index (χ2n) is 8.10. The number of benzene rings is 1. The highest BCUT2D eigenvalue weighted by atomic mass is 16.5. The van der Waals surface area contributed by atoms with Gasteiger partial charge in [-0.05, 0) is 51.8 Å². The minimum absolute atomic E-state index is 0.147. The van der Waals surface area contributed by atoms with Crippen molar-refractivity contribution in [3.05, 3.63) is 35.2 Å². The Hall–Kier alpha value is -3.03. The molecule has 2 heterocycles. The maximum absolute atomic E-state index is 12.9. The van der Waals surface area contributed by atoms with Crippen LogP contribution in [0, 0.1) is 13.8 Å². The van der Waals surface area contributed by atoms with Crippen LogP contribution < -0.4 is 20.3 Å². The molecule has 8 heteroatoms.